The lowest BCUT2D eigenvalue weighted by atomic mass is 10.1. The molecule has 2 rings (SSSR count). The van der Waals surface area contributed by atoms with Gasteiger partial charge >= 0.3 is 0 Å². The summed E-state index contributed by atoms with van der Waals surface area (Å²) in [5.74, 6) is 0. The fourth-order valence-electron chi connectivity index (χ4n) is 2.01. The quantitative estimate of drug-likeness (QED) is 0.940. The summed E-state index contributed by atoms with van der Waals surface area (Å²) in [5.41, 5.74) is 8.19. The standard InChI is InChI=1S/C14H18ClN3S/c1-9(16)7-13-10(2)17-18(3)14(13)19-12-6-4-5-11(15)8-12/h4-6,8-9H,7,16H2,1-3H3. The number of nitrogens with two attached hydrogens (primary N) is 1. The molecule has 0 saturated carbocycles. The van der Waals surface area contributed by atoms with E-state index < -0.39 is 0 Å². The van der Waals surface area contributed by atoms with E-state index in [1.54, 1.807) is 11.8 Å². The first-order valence-electron chi connectivity index (χ1n) is 6.19. The maximum Gasteiger partial charge on any atom is 0.102 e. The number of halogens is 1. The molecule has 2 aromatic rings. The minimum atomic E-state index is 0.126. The van der Waals surface area contributed by atoms with Crippen LogP contribution in [0.3, 0.4) is 0 Å². The van der Waals surface area contributed by atoms with E-state index in [0.29, 0.717) is 0 Å². The molecule has 1 aromatic carbocycles. The fourth-order valence-corrected chi connectivity index (χ4v) is 3.35. The molecule has 1 unspecified atom stereocenters. The van der Waals surface area contributed by atoms with Crippen molar-refractivity contribution in [2.75, 3.05) is 0 Å². The SMILES string of the molecule is Cc1nn(C)c(Sc2cccc(Cl)c2)c1CC(C)N. The lowest BCUT2D eigenvalue weighted by molar-refractivity contribution is 0.677. The van der Waals surface area contributed by atoms with Crippen molar-refractivity contribution in [1.29, 1.82) is 0 Å². The Morgan fingerprint density at radius 3 is 2.84 bits per heavy atom. The summed E-state index contributed by atoms with van der Waals surface area (Å²) in [6.07, 6.45) is 0.836. The molecule has 0 aliphatic carbocycles. The van der Waals surface area contributed by atoms with Gasteiger partial charge in [0.2, 0.25) is 0 Å². The summed E-state index contributed by atoms with van der Waals surface area (Å²) >= 11 is 7.70. The second-order valence-electron chi connectivity index (χ2n) is 4.73. The molecule has 2 N–H and O–H groups in total. The molecule has 19 heavy (non-hydrogen) atoms. The third-order valence-electron chi connectivity index (χ3n) is 2.83. The van der Waals surface area contributed by atoms with Crippen molar-refractivity contribution < 1.29 is 0 Å². The van der Waals surface area contributed by atoms with Crippen LogP contribution in [0, 0.1) is 6.92 Å². The Labute approximate surface area is 123 Å². The highest BCUT2D eigenvalue weighted by atomic mass is 35.5. The van der Waals surface area contributed by atoms with E-state index in [4.69, 9.17) is 17.3 Å². The fraction of sp³-hybridized carbons (Fsp3) is 0.357. The van der Waals surface area contributed by atoms with Crippen LogP contribution in [0.5, 0.6) is 0 Å². The van der Waals surface area contributed by atoms with Crippen LogP contribution in [0.25, 0.3) is 0 Å². The van der Waals surface area contributed by atoms with Gasteiger partial charge in [-0.2, -0.15) is 5.10 Å². The highest BCUT2D eigenvalue weighted by Crippen LogP contribution is 2.33. The number of hydrogen-bond donors (Lipinski definition) is 1. The van der Waals surface area contributed by atoms with Crippen LogP contribution in [0.2, 0.25) is 5.02 Å². The highest BCUT2D eigenvalue weighted by molar-refractivity contribution is 7.99. The van der Waals surface area contributed by atoms with Crippen LogP contribution in [-0.4, -0.2) is 15.8 Å². The number of benzene rings is 1. The van der Waals surface area contributed by atoms with E-state index in [1.165, 1.54) is 5.56 Å². The van der Waals surface area contributed by atoms with Gasteiger partial charge in [-0.25, -0.2) is 0 Å². The van der Waals surface area contributed by atoms with Gasteiger partial charge in [-0.15, -0.1) is 0 Å². The largest absolute Gasteiger partial charge is 0.328 e. The normalized spacial score (nSPS) is 12.7. The van der Waals surface area contributed by atoms with Crippen molar-refractivity contribution >= 4 is 23.4 Å². The zero-order valence-electron chi connectivity index (χ0n) is 11.4. The Bertz CT molecular complexity index is 578. The van der Waals surface area contributed by atoms with Gasteiger partial charge in [0, 0.05) is 28.6 Å². The summed E-state index contributed by atoms with van der Waals surface area (Å²) in [5, 5.41) is 6.37. The average molecular weight is 296 g/mol. The summed E-state index contributed by atoms with van der Waals surface area (Å²) in [4.78, 5) is 1.11. The molecule has 0 spiro atoms. The lowest BCUT2D eigenvalue weighted by Crippen LogP contribution is -2.18. The molecule has 5 heteroatoms. The van der Waals surface area contributed by atoms with Crippen LogP contribution in [0.15, 0.2) is 34.2 Å². The summed E-state index contributed by atoms with van der Waals surface area (Å²) in [6, 6.07) is 7.97. The third-order valence-corrected chi connectivity index (χ3v) is 4.25. The molecule has 0 bridgehead atoms. The number of nitrogens with zero attached hydrogens (tertiary/aromatic N) is 2. The summed E-state index contributed by atoms with van der Waals surface area (Å²) in [7, 11) is 1.96. The zero-order valence-corrected chi connectivity index (χ0v) is 12.9. The van der Waals surface area contributed by atoms with Gasteiger partial charge in [-0.1, -0.05) is 29.4 Å². The molecular weight excluding hydrogens is 278 g/mol. The molecule has 0 aliphatic heterocycles. The maximum absolute atomic E-state index is 6.02. The average Bonchev–Trinajstić information content (AvgIpc) is 2.56. The van der Waals surface area contributed by atoms with E-state index >= 15 is 0 Å². The monoisotopic (exact) mass is 295 g/mol. The molecule has 0 fully saturated rings. The smallest absolute Gasteiger partial charge is 0.102 e. The van der Waals surface area contributed by atoms with E-state index in [0.717, 1.165) is 27.1 Å². The van der Waals surface area contributed by atoms with E-state index in [2.05, 4.69) is 11.2 Å². The molecule has 1 atom stereocenters. The van der Waals surface area contributed by atoms with Crippen LogP contribution >= 0.6 is 23.4 Å². The molecule has 0 saturated heterocycles. The van der Waals surface area contributed by atoms with Crippen LogP contribution < -0.4 is 5.73 Å². The van der Waals surface area contributed by atoms with Gasteiger partial charge in [0.15, 0.2) is 0 Å². The van der Waals surface area contributed by atoms with E-state index in [9.17, 15) is 0 Å². The number of aromatic nitrogens is 2. The van der Waals surface area contributed by atoms with Gasteiger partial charge in [-0.05, 0) is 38.5 Å². The maximum atomic E-state index is 6.02. The molecule has 0 aliphatic rings. The molecule has 0 radical (unpaired) electrons. The topological polar surface area (TPSA) is 43.8 Å². The van der Waals surface area contributed by atoms with Crippen LogP contribution in [0.1, 0.15) is 18.2 Å². The second-order valence-corrected chi connectivity index (χ2v) is 6.23. The molecule has 0 amide bonds. The predicted octanol–water partition coefficient (Wildman–Crippen LogP) is 3.42. The Balaban J connectivity index is 2.33. The first-order chi connectivity index (χ1) is 8.97. The molecule has 102 valence electrons. The van der Waals surface area contributed by atoms with E-state index in [1.807, 2.05) is 43.8 Å². The Morgan fingerprint density at radius 2 is 2.21 bits per heavy atom. The molecular formula is C14H18ClN3S. The molecule has 1 heterocycles. The minimum Gasteiger partial charge on any atom is -0.328 e. The Morgan fingerprint density at radius 1 is 1.47 bits per heavy atom. The first kappa shape index (κ1) is 14.4. The summed E-state index contributed by atoms with van der Waals surface area (Å²) < 4.78 is 1.92. The van der Waals surface area contributed by atoms with Crippen molar-refractivity contribution in [3.05, 3.63) is 40.5 Å². The second kappa shape index (κ2) is 5.99. The highest BCUT2D eigenvalue weighted by Gasteiger charge is 2.15. The predicted molar refractivity (Wildman–Crippen MR) is 80.9 cm³/mol. The lowest BCUT2D eigenvalue weighted by Gasteiger charge is -2.09. The number of rotatable bonds is 4. The number of aryl methyl sites for hydroxylation is 2. The Hall–Kier alpha value is -0.970. The van der Waals surface area contributed by atoms with Crippen LogP contribution in [0.4, 0.5) is 0 Å². The van der Waals surface area contributed by atoms with Crippen molar-refractivity contribution in [3.8, 4) is 0 Å². The summed E-state index contributed by atoms with van der Waals surface area (Å²) in [6.45, 7) is 4.04. The van der Waals surface area contributed by atoms with Crippen LogP contribution in [-0.2, 0) is 13.5 Å². The first-order valence-corrected chi connectivity index (χ1v) is 7.38. The van der Waals surface area contributed by atoms with Crippen molar-refractivity contribution in [2.24, 2.45) is 12.8 Å². The van der Waals surface area contributed by atoms with Gasteiger partial charge in [0.05, 0.1) is 5.69 Å². The Kier molecular flexibility index (Phi) is 4.55. The van der Waals surface area contributed by atoms with Crippen molar-refractivity contribution in [1.82, 2.24) is 9.78 Å². The van der Waals surface area contributed by atoms with Gasteiger partial charge in [0.1, 0.15) is 5.03 Å². The number of hydrogen-bond acceptors (Lipinski definition) is 3. The minimum absolute atomic E-state index is 0.126. The van der Waals surface area contributed by atoms with E-state index in [-0.39, 0.29) is 6.04 Å². The third kappa shape index (κ3) is 3.53. The van der Waals surface area contributed by atoms with Gasteiger partial charge in [-0.3, -0.25) is 4.68 Å². The van der Waals surface area contributed by atoms with Crippen molar-refractivity contribution in [2.45, 2.75) is 36.2 Å². The zero-order chi connectivity index (χ0) is 14.0. The van der Waals surface area contributed by atoms with Crippen molar-refractivity contribution in [3.63, 3.8) is 0 Å². The van der Waals surface area contributed by atoms with Gasteiger partial charge in [0.25, 0.3) is 0 Å². The van der Waals surface area contributed by atoms with Gasteiger partial charge < -0.3 is 5.73 Å². The molecule has 3 nitrogen and oxygen atoms in total. The molecule has 1 aromatic heterocycles.